The van der Waals surface area contributed by atoms with Crippen molar-refractivity contribution in [3.05, 3.63) is 34.9 Å². The lowest BCUT2D eigenvalue weighted by molar-refractivity contribution is -0.136. The summed E-state index contributed by atoms with van der Waals surface area (Å²) in [6.45, 7) is 10.4. The maximum absolute atomic E-state index is 12.6. The lowest BCUT2D eigenvalue weighted by atomic mass is 9.91. The fourth-order valence-electron chi connectivity index (χ4n) is 2.78. The SMILES string of the molecule is CC(C)c1ccc(C(=O)O[C@H](C)C(=O)N2CCNC2=O)c(C(C)C)c1. The van der Waals surface area contributed by atoms with Crippen LogP contribution in [-0.2, 0) is 9.53 Å². The van der Waals surface area contributed by atoms with Crippen LogP contribution in [-0.4, -0.2) is 42.0 Å². The summed E-state index contributed by atoms with van der Waals surface area (Å²) in [5, 5.41) is 2.56. The van der Waals surface area contributed by atoms with Crippen LogP contribution in [0.1, 0.15) is 67.9 Å². The van der Waals surface area contributed by atoms with Crippen LogP contribution < -0.4 is 5.32 Å². The van der Waals surface area contributed by atoms with Crippen molar-refractivity contribution in [3.8, 4) is 0 Å². The van der Waals surface area contributed by atoms with Gasteiger partial charge in [-0.3, -0.25) is 9.69 Å². The molecule has 0 radical (unpaired) electrons. The average Bonchev–Trinajstić information content (AvgIpc) is 2.99. The lowest BCUT2D eigenvalue weighted by Gasteiger charge is -2.20. The first-order chi connectivity index (χ1) is 11.7. The Balaban J connectivity index is 2.17. The van der Waals surface area contributed by atoms with Gasteiger partial charge in [0, 0.05) is 13.1 Å². The fourth-order valence-corrected chi connectivity index (χ4v) is 2.78. The molecule has 0 spiro atoms. The molecule has 1 aliphatic heterocycles. The van der Waals surface area contributed by atoms with Crippen LogP contribution in [0.15, 0.2) is 18.2 Å². The van der Waals surface area contributed by atoms with Crippen LogP contribution in [0, 0.1) is 0 Å². The van der Waals surface area contributed by atoms with Crippen molar-refractivity contribution < 1.29 is 19.1 Å². The maximum atomic E-state index is 12.6. The van der Waals surface area contributed by atoms with E-state index in [2.05, 4.69) is 19.2 Å². The summed E-state index contributed by atoms with van der Waals surface area (Å²) >= 11 is 0. The van der Waals surface area contributed by atoms with Crippen LogP contribution in [0.2, 0.25) is 0 Å². The van der Waals surface area contributed by atoms with Crippen LogP contribution >= 0.6 is 0 Å². The predicted molar refractivity (Wildman–Crippen MR) is 94.6 cm³/mol. The second-order valence-electron chi connectivity index (χ2n) is 6.93. The highest BCUT2D eigenvalue weighted by molar-refractivity contribution is 5.99. The molecule has 6 nitrogen and oxygen atoms in total. The second kappa shape index (κ2) is 7.68. The molecule has 1 fully saturated rings. The van der Waals surface area contributed by atoms with Crippen LogP contribution in [0.3, 0.4) is 0 Å². The molecule has 1 aromatic carbocycles. The quantitative estimate of drug-likeness (QED) is 0.832. The molecule has 0 unspecified atom stereocenters. The molecular weight excluding hydrogens is 320 g/mol. The lowest BCUT2D eigenvalue weighted by Crippen LogP contribution is -2.41. The number of nitrogens with one attached hydrogen (secondary N) is 1. The number of imide groups is 1. The van der Waals surface area contributed by atoms with E-state index >= 15 is 0 Å². The van der Waals surface area contributed by atoms with Crippen molar-refractivity contribution >= 4 is 17.9 Å². The molecule has 1 saturated heterocycles. The third kappa shape index (κ3) is 4.18. The normalized spacial score (nSPS) is 15.5. The van der Waals surface area contributed by atoms with E-state index in [9.17, 15) is 14.4 Å². The van der Waals surface area contributed by atoms with Crippen molar-refractivity contribution in [2.45, 2.75) is 52.6 Å². The molecule has 1 N–H and O–H groups in total. The molecule has 0 bridgehead atoms. The first-order valence-corrected chi connectivity index (χ1v) is 8.66. The molecule has 1 heterocycles. The van der Waals surface area contributed by atoms with Gasteiger partial charge in [0.25, 0.3) is 5.91 Å². The van der Waals surface area contributed by atoms with Crippen molar-refractivity contribution in [1.82, 2.24) is 10.2 Å². The van der Waals surface area contributed by atoms with E-state index in [0.29, 0.717) is 24.6 Å². The molecule has 25 heavy (non-hydrogen) atoms. The largest absolute Gasteiger partial charge is 0.449 e. The van der Waals surface area contributed by atoms with Gasteiger partial charge in [-0.15, -0.1) is 0 Å². The average molecular weight is 346 g/mol. The first-order valence-electron chi connectivity index (χ1n) is 8.66. The summed E-state index contributed by atoms with van der Waals surface area (Å²) in [6, 6.07) is 5.24. The van der Waals surface area contributed by atoms with Gasteiger partial charge in [-0.25, -0.2) is 9.59 Å². The standard InChI is InChI=1S/C19H26N2O4/c1-11(2)14-6-7-15(16(10-14)12(3)4)18(23)25-13(5)17(22)21-9-8-20-19(21)24/h6-7,10-13H,8-9H2,1-5H3,(H,20,24)/t13-/m1/s1. The van der Waals surface area contributed by atoms with Crippen molar-refractivity contribution in [1.29, 1.82) is 0 Å². The van der Waals surface area contributed by atoms with Gasteiger partial charge in [-0.05, 0) is 36.0 Å². The summed E-state index contributed by atoms with van der Waals surface area (Å²) in [6.07, 6.45) is -1.01. The summed E-state index contributed by atoms with van der Waals surface area (Å²) in [7, 11) is 0. The Morgan fingerprint density at radius 2 is 1.80 bits per heavy atom. The highest BCUT2D eigenvalue weighted by atomic mass is 16.5. The molecule has 6 heteroatoms. The molecule has 2 rings (SSSR count). The highest BCUT2D eigenvalue weighted by Gasteiger charge is 2.32. The van der Waals surface area contributed by atoms with Gasteiger partial charge in [0.1, 0.15) is 0 Å². The van der Waals surface area contributed by atoms with E-state index in [1.54, 1.807) is 6.07 Å². The van der Waals surface area contributed by atoms with Crippen molar-refractivity contribution in [2.75, 3.05) is 13.1 Å². The minimum atomic E-state index is -1.01. The Kier molecular flexibility index (Phi) is 5.82. The molecule has 0 saturated carbocycles. The van der Waals surface area contributed by atoms with Gasteiger partial charge in [0.2, 0.25) is 0 Å². The van der Waals surface area contributed by atoms with E-state index in [-0.39, 0.29) is 5.92 Å². The molecule has 3 amide bonds. The molecule has 1 atom stereocenters. The number of amides is 3. The minimum Gasteiger partial charge on any atom is -0.449 e. The summed E-state index contributed by atoms with van der Waals surface area (Å²) in [5.41, 5.74) is 2.51. The van der Waals surface area contributed by atoms with E-state index in [0.717, 1.165) is 16.0 Å². The molecule has 0 aliphatic carbocycles. The zero-order chi connectivity index (χ0) is 18.7. The number of nitrogens with zero attached hydrogens (tertiary/aromatic N) is 1. The van der Waals surface area contributed by atoms with E-state index in [4.69, 9.17) is 4.74 Å². The zero-order valence-corrected chi connectivity index (χ0v) is 15.5. The number of rotatable bonds is 5. The molecule has 1 aromatic rings. The monoisotopic (exact) mass is 346 g/mol. The third-order valence-corrected chi connectivity index (χ3v) is 4.34. The predicted octanol–water partition coefficient (Wildman–Crippen LogP) is 3.03. The molecular formula is C19H26N2O4. The number of carbonyl (C=O) groups excluding carboxylic acids is 3. The summed E-state index contributed by atoms with van der Waals surface area (Å²) < 4.78 is 5.34. The summed E-state index contributed by atoms with van der Waals surface area (Å²) in [5.74, 6) is -0.541. The first kappa shape index (κ1) is 19.0. The van der Waals surface area contributed by atoms with Crippen molar-refractivity contribution in [3.63, 3.8) is 0 Å². The van der Waals surface area contributed by atoms with Gasteiger partial charge < -0.3 is 10.1 Å². The Morgan fingerprint density at radius 3 is 2.32 bits per heavy atom. The summed E-state index contributed by atoms with van der Waals surface area (Å²) in [4.78, 5) is 37.5. The van der Waals surface area contributed by atoms with Gasteiger partial charge in [-0.2, -0.15) is 0 Å². The zero-order valence-electron chi connectivity index (χ0n) is 15.5. The molecule has 0 aromatic heterocycles. The number of carbonyl (C=O) groups is 3. The van der Waals surface area contributed by atoms with Gasteiger partial charge in [0.15, 0.2) is 6.10 Å². The molecule has 136 valence electrons. The second-order valence-corrected chi connectivity index (χ2v) is 6.93. The smallest absolute Gasteiger partial charge is 0.339 e. The fraction of sp³-hybridized carbons (Fsp3) is 0.526. The highest BCUT2D eigenvalue weighted by Crippen LogP contribution is 2.26. The number of benzene rings is 1. The van der Waals surface area contributed by atoms with Crippen LogP contribution in [0.25, 0.3) is 0 Å². The van der Waals surface area contributed by atoms with Gasteiger partial charge in [-0.1, -0.05) is 39.8 Å². The Labute approximate surface area is 148 Å². The van der Waals surface area contributed by atoms with E-state index < -0.39 is 24.0 Å². The topological polar surface area (TPSA) is 75.7 Å². The van der Waals surface area contributed by atoms with Crippen molar-refractivity contribution in [2.24, 2.45) is 0 Å². The number of hydrogen-bond donors (Lipinski definition) is 1. The van der Waals surface area contributed by atoms with Gasteiger partial charge >= 0.3 is 12.0 Å². The number of ether oxygens (including phenoxy) is 1. The van der Waals surface area contributed by atoms with Crippen LogP contribution in [0.4, 0.5) is 4.79 Å². The van der Waals surface area contributed by atoms with E-state index in [1.807, 2.05) is 26.0 Å². The Hall–Kier alpha value is -2.37. The Morgan fingerprint density at radius 1 is 1.12 bits per heavy atom. The number of esters is 1. The Bertz CT molecular complexity index is 682. The third-order valence-electron chi connectivity index (χ3n) is 4.34. The van der Waals surface area contributed by atoms with Crippen LogP contribution in [0.5, 0.6) is 0 Å². The minimum absolute atomic E-state index is 0.150. The van der Waals surface area contributed by atoms with Gasteiger partial charge in [0.05, 0.1) is 5.56 Å². The maximum Gasteiger partial charge on any atom is 0.339 e. The van der Waals surface area contributed by atoms with E-state index in [1.165, 1.54) is 6.92 Å². The molecule has 1 aliphatic rings. The number of urea groups is 1. The number of hydrogen-bond acceptors (Lipinski definition) is 4.